The molecule has 1 fully saturated rings. The van der Waals surface area contributed by atoms with Gasteiger partial charge in [-0.3, -0.25) is 4.79 Å². The predicted octanol–water partition coefficient (Wildman–Crippen LogP) is 1.54. The van der Waals surface area contributed by atoms with Gasteiger partial charge in [-0.25, -0.2) is 0 Å². The largest absolute Gasteiger partial charge is 0.384 e. The Labute approximate surface area is 117 Å². The quantitative estimate of drug-likeness (QED) is 0.823. The normalized spacial score (nSPS) is 17.6. The lowest BCUT2D eigenvalue weighted by Gasteiger charge is -2.10. The van der Waals surface area contributed by atoms with Crippen LogP contribution in [-0.2, 0) is 11.3 Å². The van der Waals surface area contributed by atoms with E-state index in [2.05, 4.69) is 17.2 Å². The van der Waals surface area contributed by atoms with Crippen LogP contribution in [0, 0.1) is 11.8 Å². The molecule has 1 atom stereocenters. The summed E-state index contributed by atoms with van der Waals surface area (Å²) >= 11 is 1.74. The van der Waals surface area contributed by atoms with Crippen LogP contribution in [0.1, 0.15) is 24.0 Å². The van der Waals surface area contributed by atoms with E-state index in [1.807, 2.05) is 24.3 Å². The standard InChI is InChI=1S/C15H17NO2S/c17-8-2-6-12-4-1-5-13(10-12)11-16-15(18)14-7-3-9-19-14/h1,4-5,10,14,17H,3,7-9,11H2,(H,16,18). The highest BCUT2D eigenvalue weighted by Crippen LogP contribution is 2.26. The monoisotopic (exact) mass is 275 g/mol. The predicted molar refractivity (Wildman–Crippen MR) is 77.7 cm³/mol. The van der Waals surface area contributed by atoms with Gasteiger partial charge >= 0.3 is 0 Å². The molecule has 1 aromatic carbocycles. The number of carbonyl (C=O) groups excluding carboxylic acids is 1. The van der Waals surface area contributed by atoms with Crippen LogP contribution in [0.15, 0.2) is 24.3 Å². The minimum absolute atomic E-state index is 0.123. The number of benzene rings is 1. The maximum absolute atomic E-state index is 11.9. The summed E-state index contributed by atoms with van der Waals surface area (Å²) < 4.78 is 0. The summed E-state index contributed by atoms with van der Waals surface area (Å²) in [5, 5.41) is 11.8. The SMILES string of the molecule is O=C(NCc1cccc(C#CCO)c1)C1CCCS1. The molecule has 1 aliphatic rings. The molecule has 1 unspecified atom stereocenters. The molecule has 100 valence electrons. The van der Waals surface area contributed by atoms with Gasteiger partial charge in [-0.2, -0.15) is 0 Å². The number of carbonyl (C=O) groups is 1. The van der Waals surface area contributed by atoms with Gasteiger partial charge in [-0.05, 0) is 36.3 Å². The van der Waals surface area contributed by atoms with Crippen LogP contribution in [0.2, 0.25) is 0 Å². The van der Waals surface area contributed by atoms with Crippen LogP contribution in [0.5, 0.6) is 0 Å². The van der Waals surface area contributed by atoms with Crippen molar-refractivity contribution >= 4 is 17.7 Å². The molecule has 1 amide bonds. The Hall–Kier alpha value is -1.44. The average molecular weight is 275 g/mol. The molecule has 1 heterocycles. The number of thioether (sulfide) groups is 1. The summed E-state index contributed by atoms with van der Waals surface area (Å²) in [6.45, 7) is 0.393. The highest BCUT2D eigenvalue weighted by molar-refractivity contribution is 8.00. The molecule has 1 saturated heterocycles. The Morgan fingerprint density at radius 2 is 2.42 bits per heavy atom. The molecule has 2 N–H and O–H groups in total. The molecule has 1 aromatic rings. The first kappa shape index (κ1) is 14.0. The molecule has 0 radical (unpaired) electrons. The molecule has 2 rings (SSSR count). The fraction of sp³-hybridized carbons (Fsp3) is 0.400. The molecule has 4 heteroatoms. The molecule has 0 bridgehead atoms. The molecule has 0 aromatic heterocycles. The highest BCUT2D eigenvalue weighted by Gasteiger charge is 2.22. The van der Waals surface area contributed by atoms with Crippen LogP contribution in [0.4, 0.5) is 0 Å². The van der Waals surface area contributed by atoms with Crippen LogP contribution >= 0.6 is 11.8 Å². The maximum Gasteiger partial charge on any atom is 0.233 e. The number of nitrogens with one attached hydrogen (secondary N) is 1. The molecule has 3 nitrogen and oxygen atoms in total. The topological polar surface area (TPSA) is 49.3 Å². The summed E-state index contributed by atoms with van der Waals surface area (Å²) in [6.07, 6.45) is 2.12. The van der Waals surface area contributed by atoms with Crippen molar-refractivity contribution in [3.05, 3.63) is 35.4 Å². The highest BCUT2D eigenvalue weighted by atomic mass is 32.2. The molecular weight excluding hydrogens is 258 g/mol. The van der Waals surface area contributed by atoms with Crippen molar-refractivity contribution in [2.75, 3.05) is 12.4 Å². The van der Waals surface area contributed by atoms with E-state index in [0.29, 0.717) is 6.54 Å². The Balaban J connectivity index is 1.90. The van der Waals surface area contributed by atoms with Gasteiger partial charge in [-0.15, -0.1) is 11.8 Å². The van der Waals surface area contributed by atoms with Crippen molar-refractivity contribution in [3.8, 4) is 11.8 Å². The Morgan fingerprint density at radius 1 is 1.53 bits per heavy atom. The zero-order chi connectivity index (χ0) is 13.5. The number of hydrogen-bond acceptors (Lipinski definition) is 3. The first-order chi connectivity index (χ1) is 9.29. The van der Waals surface area contributed by atoms with E-state index >= 15 is 0 Å². The van der Waals surface area contributed by atoms with E-state index in [0.717, 1.165) is 29.7 Å². The molecule has 0 aliphatic carbocycles. The smallest absolute Gasteiger partial charge is 0.233 e. The van der Waals surface area contributed by atoms with E-state index in [1.54, 1.807) is 11.8 Å². The molecule has 19 heavy (non-hydrogen) atoms. The number of rotatable bonds is 3. The van der Waals surface area contributed by atoms with Crippen molar-refractivity contribution in [3.63, 3.8) is 0 Å². The third-order valence-corrected chi connectivity index (χ3v) is 4.30. The fourth-order valence-electron chi connectivity index (χ4n) is 1.99. The summed E-state index contributed by atoms with van der Waals surface area (Å²) in [5.74, 6) is 6.70. The van der Waals surface area contributed by atoms with Gasteiger partial charge in [-0.1, -0.05) is 24.0 Å². The zero-order valence-corrected chi connectivity index (χ0v) is 11.5. The van der Waals surface area contributed by atoms with E-state index < -0.39 is 0 Å². The fourth-order valence-corrected chi connectivity index (χ4v) is 3.17. The third-order valence-electron chi connectivity index (χ3n) is 2.93. The van der Waals surface area contributed by atoms with Crippen molar-refractivity contribution < 1.29 is 9.90 Å². The number of aliphatic hydroxyl groups excluding tert-OH is 1. The second kappa shape index (κ2) is 7.22. The zero-order valence-electron chi connectivity index (χ0n) is 10.7. The maximum atomic E-state index is 11.9. The second-order valence-electron chi connectivity index (χ2n) is 4.38. The number of hydrogen-bond donors (Lipinski definition) is 2. The van der Waals surface area contributed by atoms with E-state index in [4.69, 9.17) is 5.11 Å². The van der Waals surface area contributed by atoms with Gasteiger partial charge in [0.05, 0.1) is 5.25 Å². The first-order valence-corrected chi connectivity index (χ1v) is 7.42. The van der Waals surface area contributed by atoms with Gasteiger partial charge in [0.1, 0.15) is 6.61 Å². The van der Waals surface area contributed by atoms with Gasteiger partial charge in [0.2, 0.25) is 5.91 Å². The van der Waals surface area contributed by atoms with Gasteiger partial charge in [0, 0.05) is 12.1 Å². The van der Waals surface area contributed by atoms with Crippen LogP contribution in [0.3, 0.4) is 0 Å². The third kappa shape index (κ3) is 4.30. The lowest BCUT2D eigenvalue weighted by molar-refractivity contribution is -0.120. The van der Waals surface area contributed by atoms with Crippen LogP contribution in [-0.4, -0.2) is 28.6 Å². The van der Waals surface area contributed by atoms with Gasteiger partial charge in [0.25, 0.3) is 0 Å². The Morgan fingerprint density at radius 3 is 3.16 bits per heavy atom. The lowest BCUT2D eigenvalue weighted by Crippen LogP contribution is -2.30. The number of amides is 1. The Bertz CT molecular complexity index is 498. The molecule has 0 spiro atoms. The summed E-state index contributed by atoms with van der Waals surface area (Å²) in [4.78, 5) is 11.9. The molecule has 1 aliphatic heterocycles. The molecular formula is C15H17NO2S. The van der Waals surface area contributed by atoms with Crippen molar-refractivity contribution in [2.24, 2.45) is 0 Å². The van der Waals surface area contributed by atoms with Crippen LogP contribution in [0.25, 0.3) is 0 Å². The molecule has 0 saturated carbocycles. The van der Waals surface area contributed by atoms with Crippen molar-refractivity contribution in [1.82, 2.24) is 5.32 Å². The van der Waals surface area contributed by atoms with Crippen molar-refractivity contribution in [2.45, 2.75) is 24.6 Å². The van der Waals surface area contributed by atoms with Gasteiger partial charge in [0.15, 0.2) is 0 Å². The summed E-state index contributed by atoms with van der Waals surface area (Å²) in [5.41, 5.74) is 1.89. The summed E-state index contributed by atoms with van der Waals surface area (Å²) in [6, 6.07) is 7.70. The van der Waals surface area contributed by atoms with Crippen molar-refractivity contribution in [1.29, 1.82) is 0 Å². The second-order valence-corrected chi connectivity index (χ2v) is 5.69. The summed E-state index contributed by atoms with van der Waals surface area (Å²) in [7, 11) is 0. The van der Waals surface area contributed by atoms with Gasteiger partial charge < -0.3 is 10.4 Å². The van der Waals surface area contributed by atoms with E-state index in [-0.39, 0.29) is 17.8 Å². The minimum atomic E-state index is -0.139. The van der Waals surface area contributed by atoms with E-state index in [9.17, 15) is 4.79 Å². The van der Waals surface area contributed by atoms with Crippen LogP contribution < -0.4 is 5.32 Å². The minimum Gasteiger partial charge on any atom is -0.384 e. The average Bonchev–Trinajstić information content (AvgIpc) is 2.97. The lowest BCUT2D eigenvalue weighted by atomic mass is 10.1. The number of aliphatic hydroxyl groups is 1. The van der Waals surface area contributed by atoms with E-state index in [1.165, 1.54) is 0 Å². The Kier molecular flexibility index (Phi) is 5.31. The first-order valence-electron chi connectivity index (χ1n) is 6.37.